The third-order valence-corrected chi connectivity index (χ3v) is 6.85. The van der Waals surface area contributed by atoms with Gasteiger partial charge in [0, 0.05) is 31.6 Å². The topological polar surface area (TPSA) is 83.0 Å². The smallest absolute Gasteiger partial charge is 0.252 e. The van der Waals surface area contributed by atoms with Crippen LogP contribution in [0.1, 0.15) is 18.2 Å². The predicted octanol–water partition coefficient (Wildman–Crippen LogP) is 1.46. The first kappa shape index (κ1) is 21.6. The fraction of sp³-hybridized carbons (Fsp3) is 0.643. The molecule has 1 fully saturated rings. The molecule has 0 radical (unpaired) electrons. The second kappa shape index (κ2) is 10.5. The number of hydrogen-bond acceptors (Lipinski definition) is 5. The lowest BCUT2D eigenvalue weighted by Gasteiger charge is -2.25. The van der Waals surface area contributed by atoms with Crippen LogP contribution in [0.5, 0.6) is 0 Å². The minimum Gasteiger partial charge on any atom is -0.379 e. The Hall–Kier alpha value is -0.430. The molecular formula is C14H25IN4O3S2. The first-order valence-electron chi connectivity index (χ1n) is 7.69. The van der Waals surface area contributed by atoms with E-state index in [1.54, 1.807) is 13.1 Å². The normalized spacial score (nSPS) is 16.5. The number of nitrogens with zero attached hydrogens (tertiary/aromatic N) is 2. The Labute approximate surface area is 164 Å². The molecule has 138 valence electrons. The summed E-state index contributed by atoms with van der Waals surface area (Å²) in [4.78, 5) is 5.08. The van der Waals surface area contributed by atoms with E-state index in [0.717, 1.165) is 23.8 Å². The fourth-order valence-corrected chi connectivity index (χ4v) is 5.00. The summed E-state index contributed by atoms with van der Waals surface area (Å²) >= 11 is 1.29. The number of morpholine rings is 1. The van der Waals surface area contributed by atoms with Crippen molar-refractivity contribution in [3.8, 4) is 0 Å². The first-order chi connectivity index (χ1) is 11.1. The molecular weight excluding hydrogens is 463 g/mol. The SMILES string of the molecule is CCCNC(=NC)NCc1ccc(S(=O)(=O)N2CCOCC2)s1.I. The molecule has 0 aromatic carbocycles. The molecule has 0 bridgehead atoms. The van der Waals surface area contributed by atoms with Gasteiger partial charge in [0.05, 0.1) is 19.8 Å². The van der Waals surface area contributed by atoms with Gasteiger partial charge in [-0.15, -0.1) is 35.3 Å². The van der Waals surface area contributed by atoms with Gasteiger partial charge in [-0.2, -0.15) is 4.31 Å². The van der Waals surface area contributed by atoms with Gasteiger partial charge in [0.25, 0.3) is 10.0 Å². The molecule has 10 heteroatoms. The van der Waals surface area contributed by atoms with Gasteiger partial charge in [0.1, 0.15) is 4.21 Å². The number of halogens is 1. The van der Waals surface area contributed by atoms with Crippen LogP contribution in [0.25, 0.3) is 0 Å². The second-order valence-corrected chi connectivity index (χ2v) is 8.42. The summed E-state index contributed by atoms with van der Waals surface area (Å²) in [5.41, 5.74) is 0. The highest BCUT2D eigenvalue weighted by Gasteiger charge is 2.27. The summed E-state index contributed by atoms with van der Waals surface area (Å²) in [5.74, 6) is 0.720. The zero-order valence-corrected chi connectivity index (χ0v) is 17.9. The number of nitrogens with one attached hydrogen (secondary N) is 2. The molecule has 24 heavy (non-hydrogen) atoms. The van der Waals surface area contributed by atoms with E-state index >= 15 is 0 Å². The Morgan fingerprint density at radius 3 is 2.67 bits per heavy atom. The summed E-state index contributed by atoms with van der Waals surface area (Å²) in [6, 6.07) is 3.52. The monoisotopic (exact) mass is 488 g/mol. The van der Waals surface area contributed by atoms with Crippen molar-refractivity contribution in [2.75, 3.05) is 39.9 Å². The number of hydrogen-bond donors (Lipinski definition) is 2. The maximum Gasteiger partial charge on any atom is 0.252 e. The molecule has 1 aliphatic rings. The van der Waals surface area contributed by atoms with E-state index in [-0.39, 0.29) is 24.0 Å². The van der Waals surface area contributed by atoms with Crippen molar-refractivity contribution >= 4 is 51.3 Å². The van der Waals surface area contributed by atoms with Crippen LogP contribution in [-0.2, 0) is 21.3 Å². The predicted molar refractivity (Wildman–Crippen MR) is 108 cm³/mol. The molecule has 0 aliphatic carbocycles. The maximum absolute atomic E-state index is 12.6. The average Bonchev–Trinajstić information content (AvgIpc) is 3.06. The van der Waals surface area contributed by atoms with Gasteiger partial charge in [-0.25, -0.2) is 8.42 Å². The Morgan fingerprint density at radius 1 is 1.33 bits per heavy atom. The van der Waals surface area contributed by atoms with E-state index in [2.05, 4.69) is 22.5 Å². The quantitative estimate of drug-likeness (QED) is 0.360. The maximum atomic E-state index is 12.6. The molecule has 7 nitrogen and oxygen atoms in total. The highest BCUT2D eigenvalue weighted by atomic mass is 127. The molecule has 1 saturated heterocycles. The summed E-state index contributed by atoms with van der Waals surface area (Å²) in [6.45, 7) is 5.23. The summed E-state index contributed by atoms with van der Waals surface area (Å²) in [5, 5.41) is 6.37. The van der Waals surface area contributed by atoms with Crippen molar-refractivity contribution in [3.05, 3.63) is 17.0 Å². The molecule has 2 rings (SSSR count). The second-order valence-electron chi connectivity index (χ2n) is 5.09. The van der Waals surface area contributed by atoms with Gasteiger partial charge in [-0.3, -0.25) is 4.99 Å². The lowest BCUT2D eigenvalue weighted by Crippen LogP contribution is -2.40. The van der Waals surface area contributed by atoms with E-state index in [1.165, 1.54) is 15.6 Å². The van der Waals surface area contributed by atoms with Crippen LogP contribution in [0.2, 0.25) is 0 Å². The minimum absolute atomic E-state index is 0. The minimum atomic E-state index is -3.40. The Kier molecular flexibility index (Phi) is 9.49. The molecule has 0 atom stereocenters. The van der Waals surface area contributed by atoms with Gasteiger partial charge in [-0.1, -0.05) is 6.92 Å². The highest BCUT2D eigenvalue weighted by molar-refractivity contribution is 14.0. The molecule has 1 aromatic heterocycles. The van der Waals surface area contributed by atoms with Gasteiger partial charge >= 0.3 is 0 Å². The van der Waals surface area contributed by atoms with Gasteiger partial charge < -0.3 is 15.4 Å². The summed E-state index contributed by atoms with van der Waals surface area (Å²) < 4.78 is 32.2. The molecule has 1 aliphatic heterocycles. The van der Waals surface area contributed by atoms with Gasteiger partial charge in [0.2, 0.25) is 0 Å². The van der Waals surface area contributed by atoms with Crippen molar-refractivity contribution in [1.29, 1.82) is 0 Å². The van der Waals surface area contributed by atoms with Gasteiger partial charge in [-0.05, 0) is 18.6 Å². The van der Waals surface area contributed by atoms with Crippen LogP contribution in [0.4, 0.5) is 0 Å². The zero-order valence-electron chi connectivity index (χ0n) is 13.9. The fourth-order valence-electron chi connectivity index (χ4n) is 2.14. The summed E-state index contributed by atoms with van der Waals surface area (Å²) in [7, 11) is -1.69. The number of thiophene rings is 1. The Bertz CT molecular complexity index is 628. The van der Waals surface area contributed by atoms with E-state index in [4.69, 9.17) is 4.74 Å². The first-order valence-corrected chi connectivity index (χ1v) is 9.94. The van der Waals surface area contributed by atoms with Crippen LogP contribution in [-0.4, -0.2) is 58.6 Å². The number of rotatable bonds is 6. The van der Waals surface area contributed by atoms with Crippen LogP contribution in [0.3, 0.4) is 0 Å². The molecule has 1 aromatic rings. The summed E-state index contributed by atoms with van der Waals surface area (Å²) in [6.07, 6.45) is 1.02. The zero-order chi connectivity index (χ0) is 16.7. The number of sulfonamides is 1. The van der Waals surface area contributed by atoms with E-state index in [1.807, 2.05) is 6.07 Å². The Balaban J connectivity index is 0.00000288. The standard InChI is InChI=1S/C14H24N4O3S2.HI/c1-3-6-16-14(15-2)17-11-12-4-5-13(22-12)23(19,20)18-7-9-21-10-8-18;/h4-5H,3,6-11H2,1-2H3,(H2,15,16,17);1H. The average molecular weight is 488 g/mol. The lowest BCUT2D eigenvalue weighted by molar-refractivity contribution is 0.0731. The van der Waals surface area contributed by atoms with E-state index in [0.29, 0.717) is 37.1 Å². The molecule has 0 amide bonds. The number of guanidine groups is 1. The van der Waals surface area contributed by atoms with Crippen LogP contribution in [0, 0.1) is 0 Å². The van der Waals surface area contributed by atoms with Crippen molar-refractivity contribution in [2.45, 2.75) is 24.1 Å². The molecule has 0 spiro atoms. The highest BCUT2D eigenvalue weighted by Crippen LogP contribution is 2.25. The number of aliphatic imine (C=N–C) groups is 1. The van der Waals surface area contributed by atoms with Crippen molar-refractivity contribution in [3.63, 3.8) is 0 Å². The molecule has 2 N–H and O–H groups in total. The molecule has 0 saturated carbocycles. The third-order valence-electron chi connectivity index (χ3n) is 3.40. The van der Waals surface area contributed by atoms with Crippen molar-refractivity contribution in [1.82, 2.24) is 14.9 Å². The van der Waals surface area contributed by atoms with Crippen molar-refractivity contribution < 1.29 is 13.2 Å². The largest absolute Gasteiger partial charge is 0.379 e. The Morgan fingerprint density at radius 2 is 2.04 bits per heavy atom. The van der Waals surface area contributed by atoms with Crippen molar-refractivity contribution in [2.24, 2.45) is 4.99 Å². The van der Waals surface area contributed by atoms with Gasteiger partial charge in [0.15, 0.2) is 5.96 Å². The lowest BCUT2D eigenvalue weighted by atomic mass is 10.4. The van der Waals surface area contributed by atoms with Crippen LogP contribution in [0.15, 0.2) is 21.3 Å². The van der Waals surface area contributed by atoms with E-state index in [9.17, 15) is 8.42 Å². The molecule has 0 unspecified atom stereocenters. The number of ether oxygens (including phenoxy) is 1. The molecule has 2 heterocycles. The van der Waals surface area contributed by atoms with E-state index < -0.39 is 10.0 Å². The van der Waals surface area contributed by atoms with Crippen LogP contribution >= 0.6 is 35.3 Å². The third kappa shape index (κ3) is 5.83. The van der Waals surface area contributed by atoms with Crippen LogP contribution < -0.4 is 10.6 Å².